The zero-order valence-corrected chi connectivity index (χ0v) is 21.2. The molecule has 1 unspecified atom stereocenters. The third-order valence-corrected chi connectivity index (χ3v) is 5.89. The van der Waals surface area contributed by atoms with Gasteiger partial charge in [0.15, 0.2) is 5.96 Å². The Morgan fingerprint density at radius 3 is 2.37 bits per heavy atom. The highest BCUT2D eigenvalue weighted by atomic mass is 127. The van der Waals surface area contributed by atoms with Crippen LogP contribution >= 0.6 is 24.0 Å². The number of aliphatic imine (C=N–C) groups is 1. The van der Waals surface area contributed by atoms with Crippen LogP contribution in [0, 0.1) is 0 Å². The van der Waals surface area contributed by atoms with Gasteiger partial charge in [-0.1, -0.05) is 18.2 Å². The van der Waals surface area contributed by atoms with E-state index in [1.165, 1.54) is 11.9 Å². The van der Waals surface area contributed by atoms with Crippen molar-refractivity contribution in [2.45, 2.75) is 25.8 Å². The van der Waals surface area contributed by atoms with E-state index in [0.29, 0.717) is 25.3 Å². The van der Waals surface area contributed by atoms with Crippen LogP contribution in [0.25, 0.3) is 0 Å². The number of nitrogens with zero attached hydrogens (tertiary/aromatic N) is 3. The molecular formula is C20H34IN5O3S. The van der Waals surface area contributed by atoms with Gasteiger partial charge >= 0.3 is 0 Å². The van der Waals surface area contributed by atoms with Crippen molar-refractivity contribution >= 4 is 51.4 Å². The molecule has 8 nitrogen and oxygen atoms in total. The lowest BCUT2D eigenvalue weighted by Crippen LogP contribution is -2.49. The molecule has 2 N–H and O–H groups in total. The van der Waals surface area contributed by atoms with Crippen LogP contribution in [-0.2, 0) is 14.6 Å². The minimum atomic E-state index is -2.98. The summed E-state index contributed by atoms with van der Waals surface area (Å²) in [5, 5.41) is 6.29. The summed E-state index contributed by atoms with van der Waals surface area (Å²) in [7, 11) is -1.32. The Kier molecular flexibility index (Phi) is 11.5. The van der Waals surface area contributed by atoms with Crippen LogP contribution in [0.4, 0.5) is 5.69 Å². The maximum Gasteiger partial charge on any atom is 0.224 e. The maximum atomic E-state index is 12.5. The van der Waals surface area contributed by atoms with E-state index in [-0.39, 0.29) is 41.7 Å². The molecule has 1 amide bonds. The van der Waals surface area contributed by atoms with Gasteiger partial charge in [0.25, 0.3) is 0 Å². The Balaban J connectivity index is 0.00000450. The average molecular weight is 551 g/mol. The summed E-state index contributed by atoms with van der Waals surface area (Å²) in [6, 6.07) is 10.2. The van der Waals surface area contributed by atoms with Crippen LogP contribution in [0.3, 0.4) is 0 Å². The number of amides is 1. The van der Waals surface area contributed by atoms with Gasteiger partial charge in [0, 0.05) is 64.2 Å². The predicted molar refractivity (Wildman–Crippen MR) is 134 cm³/mol. The molecule has 0 aromatic heterocycles. The highest BCUT2D eigenvalue weighted by molar-refractivity contribution is 14.0. The first-order valence-electron chi connectivity index (χ1n) is 10.0. The lowest BCUT2D eigenvalue weighted by Gasteiger charge is -2.36. The van der Waals surface area contributed by atoms with Crippen molar-refractivity contribution in [1.82, 2.24) is 15.5 Å². The van der Waals surface area contributed by atoms with Crippen molar-refractivity contribution < 1.29 is 13.2 Å². The average Bonchev–Trinajstić information content (AvgIpc) is 2.71. The topological polar surface area (TPSA) is 94.1 Å². The minimum Gasteiger partial charge on any atom is -0.368 e. The Morgan fingerprint density at radius 1 is 1.17 bits per heavy atom. The molecule has 30 heavy (non-hydrogen) atoms. The standard InChI is InChI=1S/C20H33N5O3S.HI/c1-17(10-16-29(3,27)28)23-20(21-2)22-11-9-19(26)25-14-12-24(13-15-25)18-7-5-4-6-8-18;/h4-8,17H,9-16H2,1-3H3,(H2,21,22,23);1H. The lowest BCUT2D eigenvalue weighted by atomic mass is 10.2. The number of rotatable bonds is 8. The number of nitrogens with one attached hydrogen (secondary N) is 2. The summed E-state index contributed by atoms with van der Waals surface area (Å²) >= 11 is 0. The fourth-order valence-electron chi connectivity index (χ4n) is 3.19. The zero-order chi connectivity index (χ0) is 21.3. The SMILES string of the molecule is CN=C(NCCC(=O)N1CCN(c2ccccc2)CC1)NC(C)CCS(C)(=O)=O.I. The Bertz CT molecular complexity index is 781. The van der Waals surface area contributed by atoms with Crippen molar-refractivity contribution in [2.24, 2.45) is 4.99 Å². The summed E-state index contributed by atoms with van der Waals surface area (Å²) in [5.41, 5.74) is 1.20. The van der Waals surface area contributed by atoms with Crippen LogP contribution in [0.2, 0.25) is 0 Å². The van der Waals surface area contributed by atoms with E-state index in [0.717, 1.165) is 26.2 Å². The van der Waals surface area contributed by atoms with E-state index < -0.39 is 9.84 Å². The molecule has 170 valence electrons. The molecule has 2 rings (SSSR count). The number of hydrogen-bond donors (Lipinski definition) is 2. The molecule has 10 heteroatoms. The Morgan fingerprint density at radius 2 is 1.80 bits per heavy atom. The first-order chi connectivity index (χ1) is 13.8. The van der Waals surface area contributed by atoms with Crippen LogP contribution in [-0.4, -0.2) is 83.0 Å². The van der Waals surface area contributed by atoms with Gasteiger partial charge < -0.3 is 20.4 Å². The van der Waals surface area contributed by atoms with Gasteiger partial charge in [0.1, 0.15) is 9.84 Å². The molecule has 0 radical (unpaired) electrons. The molecule has 0 bridgehead atoms. The van der Waals surface area contributed by atoms with Gasteiger partial charge in [-0.2, -0.15) is 0 Å². The van der Waals surface area contributed by atoms with Crippen LogP contribution < -0.4 is 15.5 Å². The van der Waals surface area contributed by atoms with Gasteiger partial charge in [-0.15, -0.1) is 24.0 Å². The number of hydrogen-bond acceptors (Lipinski definition) is 5. The van der Waals surface area contributed by atoms with Crippen molar-refractivity contribution in [3.63, 3.8) is 0 Å². The fourth-order valence-corrected chi connectivity index (χ4v) is 3.97. The fraction of sp³-hybridized carbons (Fsp3) is 0.600. The third kappa shape index (κ3) is 9.50. The number of carbonyl (C=O) groups excluding carboxylic acids is 1. The second-order valence-corrected chi connectivity index (χ2v) is 9.68. The number of carbonyl (C=O) groups is 1. The third-order valence-electron chi connectivity index (χ3n) is 4.91. The quantitative estimate of drug-likeness (QED) is 0.288. The van der Waals surface area contributed by atoms with E-state index in [2.05, 4.69) is 32.7 Å². The predicted octanol–water partition coefficient (Wildman–Crippen LogP) is 1.33. The monoisotopic (exact) mass is 551 g/mol. The summed E-state index contributed by atoms with van der Waals surface area (Å²) < 4.78 is 22.5. The molecule has 1 atom stereocenters. The van der Waals surface area contributed by atoms with Gasteiger partial charge in [-0.3, -0.25) is 9.79 Å². The van der Waals surface area contributed by atoms with Crippen LogP contribution in [0.5, 0.6) is 0 Å². The molecule has 1 fully saturated rings. The van der Waals surface area contributed by atoms with Gasteiger partial charge in [-0.05, 0) is 25.5 Å². The number of halogens is 1. The highest BCUT2D eigenvalue weighted by Crippen LogP contribution is 2.15. The van der Waals surface area contributed by atoms with E-state index in [1.54, 1.807) is 7.05 Å². The molecule has 0 spiro atoms. The number of guanidine groups is 1. The lowest BCUT2D eigenvalue weighted by molar-refractivity contribution is -0.131. The van der Waals surface area contributed by atoms with Gasteiger partial charge in [0.05, 0.1) is 5.75 Å². The molecular weight excluding hydrogens is 517 g/mol. The second kappa shape index (κ2) is 13.0. The summed E-state index contributed by atoms with van der Waals surface area (Å²) in [6.07, 6.45) is 2.13. The highest BCUT2D eigenvalue weighted by Gasteiger charge is 2.21. The van der Waals surface area contributed by atoms with Crippen molar-refractivity contribution in [1.29, 1.82) is 0 Å². The van der Waals surface area contributed by atoms with Crippen LogP contribution in [0.15, 0.2) is 35.3 Å². The molecule has 1 aliphatic heterocycles. The number of para-hydroxylation sites is 1. The largest absolute Gasteiger partial charge is 0.368 e. The van der Waals surface area contributed by atoms with Crippen molar-refractivity contribution in [3.8, 4) is 0 Å². The number of piperazine rings is 1. The van der Waals surface area contributed by atoms with Gasteiger partial charge in [0.2, 0.25) is 5.91 Å². The van der Waals surface area contributed by atoms with E-state index in [9.17, 15) is 13.2 Å². The molecule has 1 aromatic rings. The van der Waals surface area contributed by atoms with Crippen molar-refractivity contribution in [3.05, 3.63) is 30.3 Å². The number of sulfone groups is 1. The number of anilines is 1. The summed E-state index contributed by atoms with van der Waals surface area (Å²) in [6.45, 7) is 5.52. The molecule has 1 aromatic carbocycles. The Hall–Kier alpha value is -1.56. The second-order valence-electron chi connectivity index (χ2n) is 7.42. The summed E-state index contributed by atoms with van der Waals surface area (Å²) in [4.78, 5) is 20.8. The first kappa shape index (κ1) is 26.5. The zero-order valence-electron chi connectivity index (χ0n) is 18.0. The number of benzene rings is 1. The molecule has 1 heterocycles. The van der Waals surface area contributed by atoms with E-state index in [1.807, 2.05) is 30.0 Å². The minimum absolute atomic E-state index is 0. The normalized spacial score (nSPS) is 15.9. The van der Waals surface area contributed by atoms with E-state index >= 15 is 0 Å². The van der Waals surface area contributed by atoms with Gasteiger partial charge in [-0.25, -0.2) is 8.42 Å². The maximum absolute atomic E-state index is 12.5. The molecule has 1 saturated heterocycles. The van der Waals surface area contributed by atoms with Crippen molar-refractivity contribution in [2.75, 3.05) is 56.7 Å². The molecule has 0 aliphatic carbocycles. The Labute approximate surface area is 197 Å². The summed E-state index contributed by atoms with van der Waals surface area (Å²) in [5.74, 6) is 0.837. The molecule has 0 saturated carbocycles. The molecule has 1 aliphatic rings. The first-order valence-corrected chi connectivity index (χ1v) is 12.1. The van der Waals surface area contributed by atoms with Crippen LogP contribution in [0.1, 0.15) is 19.8 Å². The van der Waals surface area contributed by atoms with E-state index in [4.69, 9.17) is 0 Å². The smallest absolute Gasteiger partial charge is 0.224 e.